The Morgan fingerprint density at radius 2 is 1.85 bits per heavy atom. The Labute approximate surface area is 156 Å². The van der Waals surface area contributed by atoms with Gasteiger partial charge in [-0.2, -0.15) is 20.2 Å². The lowest BCUT2D eigenvalue weighted by Crippen LogP contribution is -2.09. The molecule has 0 aliphatic heterocycles. The Balaban J connectivity index is 1.75. The van der Waals surface area contributed by atoms with Crippen LogP contribution >= 0.6 is 0 Å². The van der Waals surface area contributed by atoms with Crippen LogP contribution in [-0.4, -0.2) is 21.6 Å². The summed E-state index contributed by atoms with van der Waals surface area (Å²) >= 11 is 0. The summed E-state index contributed by atoms with van der Waals surface area (Å²) in [5, 5.41) is 12.1. The number of benzene rings is 2. The minimum absolute atomic E-state index is 0.0716. The van der Waals surface area contributed by atoms with Crippen molar-refractivity contribution in [2.75, 3.05) is 17.7 Å². The van der Waals surface area contributed by atoms with Crippen LogP contribution < -0.4 is 20.5 Å². The first-order valence-electron chi connectivity index (χ1n) is 8.30. The summed E-state index contributed by atoms with van der Waals surface area (Å²) in [7, 11) is 0. The quantitative estimate of drug-likeness (QED) is 0.658. The number of nitrogens with zero attached hydrogens (tertiary/aromatic N) is 4. The zero-order chi connectivity index (χ0) is 19.1. The number of para-hydroxylation sites is 1. The van der Waals surface area contributed by atoms with Gasteiger partial charge in [0.15, 0.2) is 17.3 Å². The normalized spacial score (nSPS) is 10.1. The molecule has 136 valence electrons. The van der Waals surface area contributed by atoms with Crippen molar-refractivity contribution in [1.29, 1.82) is 5.26 Å². The van der Waals surface area contributed by atoms with Crippen LogP contribution in [0.15, 0.2) is 48.5 Å². The molecule has 0 fully saturated rings. The van der Waals surface area contributed by atoms with Crippen molar-refractivity contribution in [3.63, 3.8) is 0 Å². The third-order valence-corrected chi connectivity index (χ3v) is 3.46. The average Bonchev–Trinajstić information content (AvgIpc) is 2.67. The van der Waals surface area contributed by atoms with Crippen molar-refractivity contribution in [2.45, 2.75) is 13.5 Å². The van der Waals surface area contributed by atoms with Crippen LogP contribution in [0.25, 0.3) is 0 Å². The summed E-state index contributed by atoms with van der Waals surface area (Å²) in [6.45, 7) is 2.38. The molecule has 0 spiro atoms. The second kappa shape index (κ2) is 8.49. The summed E-state index contributed by atoms with van der Waals surface area (Å²) in [5.41, 5.74) is 7.10. The van der Waals surface area contributed by atoms with Crippen molar-refractivity contribution >= 4 is 17.6 Å². The lowest BCUT2D eigenvalue weighted by Gasteiger charge is -2.12. The molecule has 3 rings (SSSR count). The SMILES string of the molecule is CCOc1cc(C#N)ccc1OCc1nc(N)nc(Nc2ccccc2)n1. The first kappa shape index (κ1) is 17.9. The number of hydrogen-bond acceptors (Lipinski definition) is 8. The van der Waals surface area contributed by atoms with Crippen molar-refractivity contribution in [1.82, 2.24) is 15.0 Å². The van der Waals surface area contributed by atoms with Gasteiger partial charge in [0.2, 0.25) is 11.9 Å². The molecule has 2 aromatic carbocycles. The molecule has 0 saturated carbocycles. The molecule has 0 saturated heterocycles. The van der Waals surface area contributed by atoms with Gasteiger partial charge in [-0.15, -0.1) is 0 Å². The molecular formula is C19H18N6O2. The Bertz CT molecular complexity index is 956. The zero-order valence-corrected chi connectivity index (χ0v) is 14.7. The maximum Gasteiger partial charge on any atom is 0.232 e. The minimum Gasteiger partial charge on any atom is -0.490 e. The van der Waals surface area contributed by atoms with Crippen LogP contribution in [-0.2, 0) is 6.61 Å². The number of anilines is 3. The minimum atomic E-state index is 0.0716. The smallest absolute Gasteiger partial charge is 0.232 e. The van der Waals surface area contributed by atoms with Gasteiger partial charge in [-0.3, -0.25) is 0 Å². The highest BCUT2D eigenvalue weighted by molar-refractivity contribution is 5.53. The van der Waals surface area contributed by atoms with Gasteiger partial charge in [0.25, 0.3) is 0 Å². The molecule has 1 aromatic heterocycles. The van der Waals surface area contributed by atoms with Gasteiger partial charge in [0.05, 0.1) is 18.2 Å². The maximum absolute atomic E-state index is 9.02. The van der Waals surface area contributed by atoms with Crippen molar-refractivity contribution in [3.8, 4) is 17.6 Å². The highest BCUT2D eigenvalue weighted by Gasteiger charge is 2.10. The molecule has 1 heterocycles. The lowest BCUT2D eigenvalue weighted by atomic mass is 10.2. The number of ether oxygens (including phenoxy) is 2. The van der Waals surface area contributed by atoms with Gasteiger partial charge < -0.3 is 20.5 Å². The van der Waals surface area contributed by atoms with Gasteiger partial charge in [0.1, 0.15) is 6.61 Å². The van der Waals surface area contributed by atoms with Crippen molar-refractivity contribution < 1.29 is 9.47 Å². The Morgan fingerprint density at radius 1 is 1.04 bits per heavy atom. The Hall–Kier alpha value is -3.86. The number of nitrogens with two attached hydrogens (primary N) is 1. The predicted octanol–water partition coefficient (Wildman–Crippen LogP) is 3.05. The van der Waals surface area contributed by atoms with Crippen LogP contribution in [0.4, 0.5) is 17.6 Å². The number of hydrogen-bond donors (Lipinski definition) is 2. The molecule has 3 aromatic rings. The van der Waals surface area contributed by atoms with E-state index in [0.717, 1.165) is 5.69 Å². The molecule has 8 nitrogen and oxygen atoms in total. The molecule has 0 bridgehead atoms. The van der Waals surface area contributed by atoms with Crippen LogP contribution in [0.2, 0.25) is 0 Å². The summed E-state index contributed by atoms with van der Waals surface area (Å²) in [6, 6.07) is 16.5. The van der Waals surface area contributed by atoms with Crippen LogP contribution in [0.5, 0.6) is 11.5 Å². The molecular weight excluding hydrogens is 344 g/mol. The molecule has 27 heavy (non-hydrogen) atoms. The maximum atomic E-state index is 9.02. The van der Waals surface area contributed by atoms with Crippen LogP contribution in [0.1, 0.15) is 18.3 Å². The summed E-state index contributed by atoms with van der Waals surface area (Å²) < 4.78 is 11.3. The molecule has 3 N–H and O–H groups in total. The molecule has 0 aliphatic carbocycles. The topological polar surface area (TPSA) is 119 Å². The van der Waals surface area contributed by atoms with E-state index in [1.807, 2.05) is 37.3 Å². The highest BCUT2D eigenvalue weighted by Crippen LogP contribution is 2.29. The van der Waals surface area contributed by atoms with E-state index >= 15 is 0 Å². The summed E-state index contributed by atoms with van der Waals surface area (Å²) in [6.07, 6.45) is 0. The number of rotatable bonds is 7. The zero-order valence-electron chi connectivity index (χ0n) is 14.7. The Morgan fingerprint density at radius 3 is 2.59 bits per heavy atom. The predicted molar refractivity (Wildman–Crippen MR) is 101 cm³/mol. The lowest BCUT2D eigenvalue weighted by molar-refractivity contribution is 0.263. The highest BCUT2D eigenvalue weighted by atomic mass is 16.5. The molecule has 0 atom stereocenters. The number of aromatic nitrogens is 3. The fourth-order valence-electron chi connectivity index (χ4n) is 2.32. The first-order valence-corrected chi connectivity index (χ1v) is 8.30. The van der Waals surface area contributed by atoms with E-state index in [-0.39, 0.29) is 12.6 Å². The monoisotopic (exact) mass is 362 g/mol. The van der Waals surface area contributed by atoms with Gasteiger partial charge in [-0.25, -0.2) is 0 Å². The standard InChI is InChI=1S/C19H18N6O2/c1-2-26-16-10-13(11-20)8-9-15(16)27-12-17-23-18(21)25-19(24-17)22-14-6-4-3-5-7-14/h3-10H,2,12H2,1H3,(H3,21,22,23,24,25). The fraction of sp³-hybridized carbons (Fsp3) is 0.158. The van der Waals surface area contributed by atoms with E-state index in [1.165, 1.54) is 0 Å². The molecule has 0 amide bonds. The second-order valence-electron chi connectivity index (χ2n) is 5.42. The van der Waals surface area contributed by atoms with E-state index in [9.17, 15) is 0 Å². The average molecular weight is 362 g/mol. The molecule has 0 unspecified atom stereocenters. The summed E-state index contributed by atoms with van der Waals surface area (Å²) in [5.74, 6) is 1.77. The summed E-state index contributed by atoms with van der Waals surface area (Å²) in [4.78, 5) is 12.5. The molecule has 8 heteroatoms. The van der Waals surface area contributed by atoms with E-state index in [2.05, 4.69) is 26.3 Å². The van der Waals surface area contributed by atoms with E-state index in [0.29, 0.717) is 35.4 Å². The third-order valence-electron chi connectivity index (χ3n) is 3.46. The number of nitrogens with one attached hydrogen (secondary N) is 1. The largest absolute Gasteiger partial charge is 0.490 e. The fourth-order valence-corrected chi connectivity index (χ4v) is 2.32. The van der Waals surface area contributed by atoms with E-state index < -0.39 is 0 Å². The number of nitriles is 1. The Kier molecular flexibility index (Phi) is 5.64. The van der Waals surface area contributed by atoms with Crippen molar-refractivity contribution in [2.24, 2.45) is 0 Å². The van der Waals surface area contributed by atoms with Gasteiger partial charge >= 0.3 is 0 Å². The van der Waals surface area contributed by atoms with Gasteiger partial charge in [-0.1, -0.05) is 18.2 Å². The molecule has 0 aliphatic rings. The van der Waals surface area contributed by atoms with Gasteiger partial charge in [0, 0.05) is 11.8 Å². The van der Waals surface area contributed by atoms with Crippen LogP contribution in [0, 0.1) is 11.3 Å². The second-order valence-corrected chi connectivity index (χ2v) is 5.42. The number of nitrogen functional groups attached to an aromatic ring is 1. The van der Waals surface area contributed by atoms with E-state index in [1.54, 1.807) is 18.2 Å². The van der Waals surface area contributed by atoms with Crippen molar-refractivity contribution in [3.05, 3.63) is 59.9 Å². The van der Waals surface area contributed by atoms with E-state index in [4.69, 9.17) is 20.5 Å². The molecule has 0 radical (unpaired) electrons. The van der Waals surface area contributed by atoms with Gasteiger partial charge in [-0.05, 0) is 31.2 Å². The van der Waals surface area contributed by atoms with Crippen LogP contribution in [0.3, 0.4) is 0 Å². The first-order chi connectivity index (χ1) is 13.2. The third kappa shape index (κ3) is 4.83.